The molecule has 0 radical (unpaired) electrons. The fourth-order valence-electron chi connectivity index (χ4n) is 3.34. The highest BCUT2D eigenvalue weighted by Gasteiger charge is 2.19. The molecule has 2 aromatic carbocycles. The lowest BCUT2D eigenvalue weighted by Crippen LogP contribution is -2.45. The minimum Gasteiger partial charge on any atom is -0.348 e. The Hall–Kier alpha value is -2.46. The van der Waals surface area contributed by atoms with Crippen LogP contribution in [0.4, 0.5) is 0 Å². The van der Waals surface area contributed by atoms with E-state index < -0.39 is 0 Å². The summed E-state index contributed by atoms with van der Waals surface area (Å²) in [5.74, 6) is -0.0341. The van der Waals surface area contributed by atoms with Crippen molar-refractivity contribution in [2.45, 2.75) is 18.9 Å². The summed E-state index contributed by atoms with van der Waals surface area (Å²) in [7, 11) is 0. The van der Waals surface area contributed by atoms with Gasteiger partial charge in [0, 0.05) is 24.2 Å². The molecule has 4 heteroatoms. The van der Waals surface area contributed by atoms with Crippen LogP contribution in [0.2, 0.25) is 0 Å². The number of fused-ring (bicyclic) bond motifs is 3. The Morgan fingerprint density at radius 2 is 2.04 bits per heavy atom. The van der Waals surface area contributed by atoms with Crippen LogP contribution in [0.5, 0.6) is 0 Å². The van der Waals surface area contributed by atoms with E-state index in [0.29, 0.717) is 5.56 Å². The van der Waals surface area contributed by atoms with Crippen LogP contribution in [0, 0.1) is 0 Å². The Morgan fingerprint density at radius 3 is 2.91 bits per heavy atom. The van der Waals surface area contributed by atoms with Crippen molar-refractivity contribution in [1.82, 2.24) is 15.6 Å². The van der Waals surface area contributed by atoms with Crippen LogP contribution >= 0.6 is 0 Å². The molecule has 3 aromatic rings. The van der Waals surface area contributed by atoms with Crippen molar-refractivity contribution in [2.24, 2.45) is 0 Å². The molecule has 1 fully saturated rings. The lowest BCUT2D eigenvalue weighted by atomic mass is 9.99. The molecule has 1 unspecified atom stereocenters. The molecule has 0 spiro atoms. The van der Waals surface area contributed by atoms with Crippen molar-refractivity contribution < 1.29 is 4.79 Å². The van der Waals surface area contributed by atoms with Crippen LogP contribution in [0.15, 0.2) is 48.7 Å². The van der Waals surface area contributed by atoms with Crippen molar-refractivity contribution in [3.05, 3.63) is 54.2 Å². The normalized spacial score (nSPS) is 18.2. The summed E-state index contributed by atoms with van der Waals surface area (Å²) in [6, 6.07) is 14.2. The monoisotopic (exact) mass is 305 g/mol. The number of benzene rings is 2. The number of nitrogens with one attached hydrogen (secondary N) is 2. The molecule has 4 nitrogen and oxygen atoms in total. The van der Waals surface area contributed by atoms with E-state index in [4.69, 9.17) is 0 Å². The molecule has 116 valence electrons. The molecule has 0 aliphatic carbocycles. The molecule has 23 heavy (non-hydrogen) atoms. The van der Waals surface area contributed by atoms with E-state index in [9.17, 15) is 4.79 Å². The van der Waals surface area contributed by atoms with Crippen molar-refractivity contribution in [2.75, 3.05) is 13.1 Å². The number of piperidine rings is 1. The summed E-state index contributed by atoms with van der Waals surface area (Å²) in [5.41, 5.74) is 1.43. The van der Waals surface area contributed by atoms with E-state index in [-0.39, 0.29) is 11.9 Å². The first-order valence-electron chi connectivity index (χ1n) is 8.11. The number of pyridine rings is 1. The molecule has 0 bridgehead atoms. The van der Waals surface area contributed by atoms with E-state index in [1.54, 1.807) is 6.20 Å². The van der Waals surface area contributed by atoms with Crippen molar-refractivity contribution >= 4 is 27.6 Å². The van der Waals surface area contributed by atoms with Crippen LogP contribution in [0.25, 0.3) is 21.7 Å². The van der Waals surface area contributed by atoms with Gasteiger partial charge >= 0.3 is 0 Å². The van der Waals surface area contributed by atoms with Gasteiger partial charge in [-0.15, -0.1) is 0 Å². The topological polar surface area (TPSA) is 54.0 Å². The van der Waals surface area contributed by atoms with Crippen LogP contribution in [-0.2, 0) is 0 Å². The first kappa shape index (κ1) is 14.2. The van der Waals surface area contributed by atoms with Gasteiger partial charge in [-0.1, -0.05) is 30.3 Å². The van der Waals surface area contributed by atoms with Gasteiger partial charge in [0.05, 0.1) is 11.1 Å². The van der Waals surface area contributed by atoms with E-state index in [1.807, 2.05) is 36.4 Å². The standard InChI is InChI=1S/C19H19N3O/c23-19(22-14-6-3-9-20-12-14)17-11-13-5-1-2-7-15(13)16-8-4-10-21-18(16)17/h1-2,4-5,7-8,10-11,14,20H,3,6,9,12H2,(H,22,23). The Kier molecular flexibility index (Phi) is 3.67. The fourth-order valence-corrected chi connectivity index (χ4v) is 3.34. The summed E-state index contributed by atoms with van der Waals surface area (Å²) >= 11 is 0. The molecule has 0 saturated carbocycles. The van der Waals surface area contributed by atoms with Gasteiger partial charge in [0.15, 0.2) is 0 Å². The largest absolute Gasteiger partial charge is 0.348 e. The SMILES string of the molecule is O=C(NC1CCCNC1)c1cc2ccccc2c2cccnc12. The van der Waals surface area contributed by atoms with Gasteiger partial charge in [-0.3, -0.25) is 9.78 Å². The number of amides is 1. The van der Waals surface area contributed by atoms with E-state index in [0.717, 1.165) is 47.6 Å². The second kappa shape index (κ2) is 5.97. The van der Waals surface area contributed by atoms with Gasteiger partial charge in [-0.2, -0.15) is 0 Å². The quantitative estimate of drug-likeness (QED) is 0.716. The zero-order valence-electron chi connectivity index (χ0n) is 12.9. The number of hydrogen-bond acceptors (Lipinski definition) is 3. The molecule has 1 saturated heterocycles. The van der Waals surface area contributed by atoms with E-state index >= 15 is 0 Å². The molecular formula is C19H19N3O. The summed E-state index contributed by atoms with van der Waals surface area (Å²) < 4.78 is 0. The molecule has 4 rings (SSSR count). The Labute approximate surface area is 134 Å². The molecule has 1 atom stereocenters. The molecule has 2 N–H and O–H groups in total. The second-order valence-corrected chi connectivity index (χ2v) is 6.06. The summed E-state index contributed by atoms with van der Waals surface area (Å²) in [6.45, 7) is 1.87. The Morgan fingerprint density at radius 1 is 1.17 bits per heavy atom. The van der Waals surface area contributed by atoms with Crippen LogP contribution < -0.4 is 10.6 Å². The second-order valence-electron chi connectivity index (χ2n) is 6.06. The molecule has 1 aliphatic rings. The number of carbonyl (C=O) groups excluding carboxylic acids is 1. The van der Waals surface area contributed by atoms with Crippen LogP contribution in [0.3, 0.4) is 0 Å². The third kappa shape index (κ3) is 2.66. The van der Waals surface area contributed by atoms with Crippen LogP contribution in [-0.4, -0.2) is 30.0 Å². The molecular weight excluding hydrogens is 286 g/mol. The zero-order chi connectivity index (χ0) is 15.6. The minimum absolute atomic E-state index is 0.0341. The molecule has 1 aromatic heterocycles. The van der Waals surface area contributed by atoms with Crippen molar-refractivity contribution in [3.63, 3.8) is 0 Å². The first-order valence-corrected chi connectivity index (χ1v) is 8.11. The van der Waals surface area contributed by atoms with E-state index in [2.05, 4.69) is 21.7 Å². The van der Waals surface area contributed by atoms with Crippen molar-refractivity contribution in [1.29, 1.82) is 0 Å². The number of hydrogen-bond donors (Lipinski definition) is 2. The number of nitrogens with zero attached hydrogens (tertiary/aromatic N) is 1. The number of carbonyl (C=O) groups is 1. The Bertz CT molecular complexity index is 869. The molecule has 2 heterocycles. The lowest BCUT2D eigenvalue weighted by Gasteiger charge is -2.24. The third-order valence-corrected chi connectivity index (χ3v) is 4.49. The van der Waals surface area contributed by atoms with Crippen molar-refractivity contribution in [3.8, 4) is 0 Å². The maximum absolute atomic E-state index is 12.8. The van der Waals surface area contributed by atoms with Gasteiger partial charge in [0.1, 0.15) is 0 Å². The minimum atomic E-state index is -0.0341. The zero-order valence-corrected chi connectivity index (χ0v) is 12.9. The maximum Gasteiger partial charge on any atom is 0.253 e. The smallest absolute Gasteiger partial charge is 0.253 e. The van der Waals surface area contributed by atoms with Gasteiger partial charge < -0.3 is 10.6 Å². The maximum atomic E-state index is 12.8. The first-order chi connectivity index (χ1) is 11.3. The summed E-state index contributed by atoms with van der Waals surface area (Å²) in [5, 5.41) is 9.70. The van der Waals surface area contributed by atoms with Gasteiger partial charge in [0.2, 0.25) is 0 Å². The lowest BCUT2D eigenvalue weighted by molar-refractivity contribution is 0.0932. The number of rotatable bonds is 2. The fraction of sp³-hybridized carbons (Fsp3) is 0.263. The van der Waals surface area contributed by atoms with Gasteiger partial charge in [-0.25, -0.2) is 0 Å². The van der Waals surface area contributed by atoms with E-state index in [1.165, 1.54) is 0 Å². The number of aromatic nitrogens is 1. The highest BCUT2D eigenvalue weighted by Crippen LogP contribution is 2.27. The van der Waals surface area contributed by atoms with Gasteiger partial charge in [-0.05, 0) is 42.3 Å². The van der Waals surface area contributed by atoms with Crippen LogP contribution in [0.1, 0.15) is 23.2 Å². The highest BCUT2D eigenvalue weighted by molar-refractivity contribution is 6.15. The Balaban J connectivity index is 1.79. The highest BCUT2D eigenvalue weighted by atomic mass is 16.1. The molecule has 1 amide bonds. The van der Waals surface area contributed by atoms with Gasteiger partial charge in [0.25, 0.3) is 5.91 Å². The molecule has 1 aliphatic heterocycles. The predicted octanol–water partition coefficient (Wildman–Crippen LogP) is 2.87. The third-order valence-electron chi connectivity index (χ3n) is 4.49. The average molecular weight is 305 g/mol. The summed E-state index contributed by atoms with van der Waals surface area (Å²) in [4.78, 5) is 17.3. The summed E-state index contributed by atoms with van der Waals surface area (Å²) in [6.07, 6.45) is 3.87. The average Bonchev–Trinajstić information content (AvgIpc) is 2.62. The predicted molar refractivity (Wildman–Crippen MR) is 92.6 cm³/mol.